The largest absolute Gasteiger partial charge is 0.481 e. The molecule has 2 atom stereocenters. The summed E-state index contributed by atoms with van der Waals surface area (Å²) in [7, 11) is -3.59. The Morgan fingerprint density at radius 3 is 2.22 bits per heavy atom. The first kappa shape index (κ1) is 17.9. The van der Waals surface area contributed by atoms with Crippen LogP contribution in [-0.2, 0) is 17.2 Å². The van der Waals surface area contributed by atoms with Crippen LogP contribution < -0.4 is 0 Å². The van der Waals surface area contributed by atoms with E-state index in [1.54, 1.807) is 20.8 Å². The number of carbonyl (C=O) groups excluding carboxylic acids is 1. The number of aliphatic carboxylic acids is 1. The summed E-state index contributed by atoms with van der Waals surface area (Å²) in [6, 6.07) is 0. The van der Waals surface area contributed by atoms with E-state index in [2.05, 4.69) is 3.07 Å². The van der Waals surface area contributed by atoms with Crippen LogP contribution in [0.4, 0.5) is 0 Å². The molecule has 0 saturated heterocycles. The van der Waals surface area contributed by atoms with Gasteiger partial charge < -0.3 is 13.1 Å². The van der Waals surface area contributed by atoms with Gasteiger partial charge in [-0.05, 0) is 6.42 Å². The Balaban J connectivity index is 4.70. The lowest BCUT2D eigenvalue weighted by Crippen LogP contribution is -2.25. The zero-order valence-electron chi connectivity index (χ0n) is 10.6. The fourth-order valence-electron chi connectivity index (χ4n) is 1.20. The SMILES string of the molecule is CC(C)(C)P(=O)(O)CC(CCC(=O)OI)C(=O)O. The van der Waals surface area contributed by atoms with E-state index in [1.165, 1.54) is 23.0 Å². The maximum atomic E-state index is 12.0. The third-order valence-corrected chi connectivity index (χ3v) is 6.17. The minimum atomic E-state index is -3.59. The summed E-state index contributed by atoms with van der Waals surface area (Å²) in [6.45, 7) is 4.77. The van der Waals surface area contributed by atoms with Gasteiger partial charge in [0.25, 0.3) is 0 Å². The van der Waals surface area contributed by atoms with Gasteiger partial charge >= 0.3 is 11.9 Å². The summed E-state index contributed by atoms with van der Waals surface area (Å²) >= 11 is 1.42. The highest BCUT2D eigenvalue weighted by Gasteiger charge is 2.38. The fraction of sp³-hybridized carbons (Fsp3) is 0.800. The summed E-state index contributed by atoms with van der Waals surface area (Å²) in [5, 5.41) is 8.13. The molecule has 0 amide bonds. The molecule has 6 nitrogen and oxygen atoms in total. The highest BCUT2D eigenvalue weighted by molar-refractivity contribution is 14.1. The summed E-state index contributed by atoms with van der Waals surface area (Å²) < 4.78 is 16.4. The lowest BCUT2D eigenvalue weighted by molar-refractivity contribution is -0.141. The maximum Gasteiger partial charge on any atom is 0.315 e. The van der Waals surface area contributed by atoms with Crippen LogP contribution in [0.2, 0.25) is 0 Å². The van der Waals surface area contributed by atoms with Crippen LogP contribution in [-0.4, -0.2) is 33.3 Å². The van der Waals surface area contributed by atoms with Crippen LogP contribution in [0.25, 0.3) is 0 Å². The summed E-state index contributed by atoms with van der Waals surface area (Å²) in [4.78, 5) is 31.8. The summed E-state index contributed by atoms with van der Waals surface area (Å²) in [5.41, 5.74) is 0. The van der Waals surface area contributed by atoms with E-state index in [0.29, 0.717) is 0 Å². The minimum Gasteiger partial charge on any atom is -0.481 e. The molecule has 0 aliphatic carbocycles. The van der Waals surface area contributed by atoms with Crippen LogP contribution in [0.5, 0.6) is 0 Å². The van der Waals surface area contributed by atoms with Gasteiger partial charge in [-0.2, -0.15) is 0 Å². The van der Waals surface area contributed by atoms with Crippen molar-refractivity contribution in [3.8, 4) is 0 Å². The van der Waals surface area contributed by atoms with Gasteiger partial charge in [0.05, 0.1) is 5.92 Å². The molecule has 0 fully saturated rings. The first-order valence-electron chi connectivity index (χ1n) is 5.37. The van der Waals surface area contributed by atoms with E-state index in [9.17, 15) is 19.0 Å². The van der Waals surface area contributed by atoms with E-state index in [4.69, 9.17) is 5.11 Å². The molecule has 0 heterocycles. The van der Waals surface area contributed by atoms with Crippen molar-refractivity contribution in [2.24, 2.45) is 5.92 Å². The van der Waals surface area contributed by atoms with Crippen LogP contribution in [0.3, 0.4) is 0 Å². The first-order chi connectivity index (χ1) is 8.01. The minimum absolute atomic E-state index is 0.00218. The molecule has 8 heteroatoms. The lowest BCUT2D eigenvalue weighted by Gasteiger charge is -2.28. The van der Waals surface area contributed by atoms with Crippen molar-refractivity contribution in [3.05, 3.63) is 0 Å². The molecule has 0 spiro atoms. The Kier molecular flexibility index (Phi) is 6.81. The second-order valence-corrected chi connectivity index (χ2v) is 8.63. The molecule has 0 bridgehead atoms. The van der Waals surface area contributed by atoms with Crippen molar-refractivity contribution < 1.29 is 27.2 Å². The topological polar surface area (TPSA) is 101 Å². The van der Waals surface area contributed by atoms with Crippen LogP contribution >= 0.6 is 30.4 Å². The monoisotopic (exact) mass is 392 g/mol. The molecule has 18 heavy (non-hydrogen) atoms. The molecule has 0 aromatic heterocycles. The van der Waals surface area contributed by atoms with Crippen molar-refractivity contribution in [3.63, 3.8) is 0 Å². The van der Waals surface area contributed by atoms with Crippen molar-refractivity contribution in [1.29, 1.82) is 0 Å². The smallest absolute Gasteiger partial charge is 0.315 e. The van der Waals surface area contributed by atoms with Gasteiger partial charge in [0.1, 0.15) is 0 Å². The van der Waals surface area contributed by atoms with Gasteiger partial charge in [0.15, 0.2) is 23.0 Å². The molecule has 106 valence electrons. The van der Waals surface area contributed by atoms with Crippen LogP contribution in [0.15, 0.2) is 0 Å². The summed E-state index contributed by atoms with van der Waals surface area (Å²) in [6.07, 6.45) is -0.414. The van der Waals surface area contributed by atoms with E-state index in [-0.39, 0.29) is 19.0 Å². The molecule has 2 N–H and O–H groups in total. The normalized spacial score (nSPS) is 16.7. The maximum absolute atomic E-state index is 12.0. The van der Waals surface area contributed by atoms with Gasteiger partial charge in [-0.3, -0.25) is 14.2 Å². The average Bonchev–Trinajstić information content (AvgIpc) is 2.21. The number of halogens is 1. The zero-order valence-corrected chi connectivity index (χ0v) is 13.6. The van der Waals surface area contributed by atoms with Crippen LogP contribution in [0, 0.1) is 5.92 Å². The van der Waals surface area contributed by atoms with E-state index in [1.807, 2.05) is 0 Å². The molecule has 0 rings (SSSR count). The van der Waals surface area contributed by atoms with Gasteiger partial charge in [-0.25, -0.2) is 0 Å². The molecular formula is C10H18IO6P. The summed E-state index contributed by atoms with van der Waals surface area (Å²) in [5.74, 6) is -2.73. The number of rotatable bonds is 6. The Morgan fingerprint density at radius 1 is 1.39 bits per heavy atom. The van der Waals surface area contributed by atoms with E-state index < -0.39 is 30.4 Å². The highest BCUT2D eigenvalue weighted by atomic mass is 127. The van der Waals surface area contributed by atoms with Crippen molar-refractivity contribution in [2.75, 3.05) is 6.16 Å². The second-order valence-electron chi connectivity index (χ2n) is 5.08. The molecule has 0 aliphatic rings. The Labute approximate surface area is 120 Å². The van der Waals surface area contributed by atoms with E-state index >= 15 is 0 Å². The Bertz CT molecular complexity index is 362. The number of hydrogen-bond acceptors (Lipinski definition) is 4. The number of carbonyl (C=O) groups is 2. The molecule has 0 aliphatic heterocycles. The van der Waals surface area contributed by atoms with Crippen molar-refractivity contribution in [1.82, 2.24) is 0 Å². The Hall–Kier alpha value is -0.140. The Morgan fingerprint density at radius 2 is 1.89 bits per heavy atom. The predicted octanol–water partition coefficient (Wildman–Crippen LogP) is 2.43. The lowest BCUT2D eigenvalue weighted by atomic mass is 10.1. The van der Waals surface area contributed by atoms with Crippen LogP contribution in [0.1, 0.15) is 33.6 Å². The fourth-order valence-corrected chi connectivity index (χ4v) is 2.90. The predicted molar refractivity (Wildman–Crippen MR) is 74.9 cm³/mol. The molecule has 2 unspecified atom stereocenters. The van der Waals surface area contributed by atoms with Gasteiger partial charge in [0.2, 0.25) is 7.37 Å². The standard InChI is InChI=1S/C10H18IO6P/c1-10(2,3)18(15,16)6-7(9(13)14)4-5-8(12)17-11/h7H,4-6H2,1-3H3,(H,13,14)(H,15,16). The van der Waals surface area contributed by atoms with E-state index in [0.717, 1.165) is 0 Å². The van der Waals surface area contributed by atoms with Crippen molar-refractivity contribution in [2.45, 2.75) is 38.8 Å². The number of hydrogen-bond donors (Lipinski definition) is 2. The quantitative estimate of drug-likeness (QED) is 0.532. The molecule has 0 saturated carbocycles. The van der Waals surface area contributed by atoms with Crippen molar-refractivity contribution >= 4 is 42.3 Å². The molecule has 0 aromatic rings. The third-order valence-electron chi connectivity index (χ3n) is 2.65. The van der Waals surface area contributed by atoms with Gasteiger partial charge in [-0.15, -0.1) is 0 Å². The average molecular weight is 392 g/mol. The zero-order chi connectivity index (χ0) is 14.6. The molecule has 0 aromatic carbocycles. The highest BCUT2D eigenvalue weighted by Crippen LogP contribution is 2.55. The first-order valence-corrected chi connectivity index (χ1v) is 8.10. The van der Waals surface area contributed by atoms with Gasteiger partial charge in [-0.1, -0.05) is 20.8 Å². The van der Waals surface area contributed by atoms with Gasteiger partial charge in [0, 0.05) is 17.7 Å². The second kappa shape index (κ2) is 6.86. The third kappa shape index (κ3) is 5.67. The number of carboxylic acid groups (broad SMARTS) is 1. The molecular weight excluding hydrogens is 374 g/mol. The molecule has 0 radical (unpaired) electrons. The number of carboxylic acids is 1.